The number of benzene rings is 3. The summed E-state index contributed by atoms with van der Waals surface area (Å²) < 4.78 is 2.40. The minimum absolute atomic E-state index is 0.456. The summed E-state index contributed by atoms with van der Waals surface area (Å²) in [7, 11) is 0. The Kier molecular flexibility index (Phi) is 6.22. The van der Waals surface area contributed by atoms with Gasteiger partial charge in [-0.05, 0) is 40.8 Å². The van der Waals surface area contributed by atoms with Gasteiger partial charge in [-0.25, -0.2) is 0 Å². The van der Waals surface area contributed by atoms with Crippen LogP contribution in [0.2, 0.25) is 0 Å². The normalized spacial score (nSPS) is 14.5. The zero-order chi connectivity index (χ0) is 21.8. The van der Waals surface area contributed by atoms with Crippen molar-refractivity contribution in [1.82, 2.24) is 14.8 Å². The number of fused-ring (bicyclic) bond motifs is 1. The molecule has 0 radical (unpaired) electrons. The van der Waals surface area contributed by atoms with E-state index in [1.54, 1.807) is 11.8 Å². The van der Waals surface area contributed by atoms with E-state index in [-0.39, 0.29) is 0 Å². The van der Waals surface area contributed by atoms with Crippen molar-refractivity contribution in [1.29, 1.82) is 5.26 Å². The molecule has 160 valence electrons. The predicted molar refractivity (Wildman–Crippen MR) is 130 cm³/mol. The fraction of sp³-hybridized carbons (Fsp3) is 0.296. The van der Waals surface area contributed by atoms with Gasteiger partial charge in [0, 0.05) is 18.2 Å². The highest BCUT2D eigenvalue weighted by molar-refractivity contribution is 7.98. The van der Waals surface area contributed by atoms with Crippen LogP contribution in [-0.4, -0.2) is 14.8 Å². The second-order valence-corrected chi connectivity index (χ2v) is 9.38. The lowest BCUT2D eigenvalue weighted by Crippen LogP contribution is -2.17. The maximum absolute atomic E-state index is 9.44. The van der Waals surface area contributed by atoms with Crippen molar-refractivity contribution in [2.24, 2.45) is 0 Å². The molecule has 3 aromatic carbocycles. The van der Waals surface area contributed by atoms with E-state index in [0.717, 1.165) is 34.3 Å². The summed E-state index contributed by atoms with van der Waals surface area (Å²) in [5, 5.41) is 22.3. The highest BCUT2D eigenvalue weighted by Crippen LogP contribution is 2.35. The summed E-state index contributed by atoms with van der Waals surface area (Å²) >= 11 is 1.70. The van der Waals surface area contributed by atoms with Gasteiger partial charge in [-0.3, -0.25) is 0 Å². The van der Waals surface area contributed by atoms with Gasteiger partial charge < -0.3 is 4.57 Å². The molecule has 1 aromatic heterocycles. The quantitative estimate of drug-likeness (QED) is 0.315. The van der Waals surface area contributed by atoms with E-state index >= 15 is 0 Å². The molecule has 1 aliphatic carbocycles. The second kappa shape index (κ2) is 9.58. The van der Waals surface area contributed by atoms with Crippen molar-refractivity contribution in [2.75, 3.05) is 0 Å². The van der Waals surface area contributed by atoms with E-state index in [4.69, 9.17) is 0 Å². The number of hydrogen-bond acceptors (Lipinski definition) is 4. The lowest BCUT2D eigenvalue weighted by atomic mass is 9.95. The SMILES string of the molecule is N#Cc1ccccc1CSc1nnc(Cc2cccc3ccccc23)n1C1CCCCC1. The van der Waals surface area contributed by atoms with Crippen molar-refractivity contribution < 1.29 is 0 Å². The molecule has 0 amide bonds. The number of hydrogen-bond donors (Lipinski definition) is 0. The number of thioether (sulfide) groups is 1. The fourth-order valence-electron chi connectivity index (χ4n) is 4.75. The zero-order valence-electron chi connectivity index (χ0n) is 18.1. The molecule has 1 heterocycles. The third kappa shape index (κ3) is 4.28. The van der Waals surface area contributed by atoms with Gasteiger partial charge in [0.15, 0.2) is 5.16 Å². The standard InChI is InChI=1S/C27H26N4S/c28-18-22-10-4-5-11-23(22)19-32-27-30-29-26(31(27)24-14-2-1-3-15-24)17-21-13-8-12-20-9-6-7-16-25(20)21/h4-13,16,24H,1-3,14-15,17,19H2. The number of nitrogens with zero attached hydrogens (tertiary/aromatic N) is 4. The molecule has 1 saturated carbocycles. The molecule has 4 nitrogen and oxygen atoms in total. The van der Waals surface area contributed by atoms with Crippen molar-refractivity contribution in [3.8, 4) is 6.07 Å². The molecule has 1 fully saturated rings. The first-order valence-corrected chi connectivity index (χ1v) is 12.3. The van der Waals surface area contributed by atoms with Gasteiger partial charge in [0.25, 0.3) is 0 Å². The maximum Gasteiger partial charge on any atom is 0.191 e. The number of rotatable bonds is 6. The molecule has 1 aliphatic rings. The first-order chi connectivity index (χ1) is 15.8. The molecule has 0 N–H and O–H groups in total. The van der Waals surface area contributed by atoms with E-state index in [2.05, 4.69) is 63.3 Å². The molecule has 0 bridgehead atoms. The molecule has 32 heavy (non-hydrogen) atoms. The van der Waals surface area contributed by atoms with Crippen LogP contribution in [0, 0.1) is 11.3 Å². The van der Waals surface area contributed by atoms with Crippen LogP contribution in [0.5, 0.6) is 0 Å². The van der Waals surface area contributed by atoms with Gasteiger partial charge in [-0.2, -0.15) is 5.26 Å². The van der Waals surface area contributed by atoms with Gasteiger partial charge >= 0.3 is 0 Å². The van der Waals surface area contributed by atoms with Crippen LogP contribution in [0.3, 0.4) is 0 Å². The second-order valence-electron chi connectivity index (χ2n) is 8.43. The van der Waals surface area contributed by atoms with Crippen molar-refractivity contribution in [3.05, 3.63) is 89.2 Å². The molecule has 0 saturated heterocycles. The zero-order valence-corrected chi connectivity index (χ0v) is 18.9. The van der Waals surface area contributed by atoms with E-state index in [9.17, 15) is 5.26 Å². The Hall–Kier alpha value is -3.10. The Bertz CT molecular complexity index is 1260. The topological polar surface area (TPSA) is 54.5 Å². The average Bonchev–Trinajstić information content (AvgIpc) is 3.26. The lowest BCUT2D eigenvalue weighted by molar-refractivity contribution is 0.330. The summed E-state index contributed by atoms with van der Waals surface area (Å²) in [4.78, 5) is 0. The Balaban J connectivity index is 1.47. The van der Waals surface area contributed by atoms with Crippen LogP contribution in [0.15, 0.2) is 71.9 Å². The predicted octanol–water partition coefficient (Wildman–Crippen LogP) is 6.69. The summed E-state index contributed by atoms with van der Waals surface area (Å²) in [5.41, 5.74) is 3.08. The first-order valence-electron chi connectivity index (χ1n) is 11.3. The van der Waals surface area contributed by atoms with Crippen LogP contribution >= 0.6 is 11.8 Å². The van der Waals surface area contributed by atoms with E-state index in [1.807, 2.05) is 24.3 Å². The van der Waals surface area contributed by atoms with E-state index in [0.29, 0.717) is 6.04 Å². The molecule has 0 spiro atoms. The van der Waals surface area contributed by atoms with Gasteiger partial charge in [0.05, 0.1) is 11.6 Å². The summed E-state index contributed by atoms with van der Waals surface area (Å²) in [5.74, 6) is 1.77. The minimum Gasteiger partial charge on any atom is -0.303 e. The Labute approximate surface area is 193 Å². The average molecular weight is 439 g/mol. The first kappa shape index (κ1) is 20.8. The van der Waals surface area contributed by atoms with Crippen LogP contribution in [0.1, 0.15) is 60.7 Å². The molecule has 5 rings (SSSR count). The van der Waals surface area contributed by atoms with Gasteiger partial charge in [0.2, 0.25) is 0 Å². The van der Waals surface area contributed by atoms with Crippen LogP contribution in [-0.2, 0) is 12.2 Å². The van der Waals surface area contributed by atoms with Gasteiger partial charge in [-0.15, -0.1) is 10.2 Å². The Morgan fingerprint density at radius 2 is 1.62 bits per heavy atom. The molecule has 0 atom stereocenters. The van der Waals surface area contributed by atoms with E-state index in [1.165, 1.54) is 48.4 Å². The number of nitriles is 1. The Morgan fingerprint density at radius 1 is 0.875 bits per heavy atom. The fourth-order valence-corrected chi connectivity index (χ4v) is 5.78. The van der Waals surface area contributed by atoms with Crippen molar-refractivity contribution >= 4 is 22.5 Å². The third-order valence-electron chi connectivity index (χ3n) is 6.40. The van der Waals surface area contributed by atoms with E-state index < -0.39 is 0 Å². The molecular weight excluding hydrogens is 412 g/mol. The summed E-state index contributed by atoms with van der Waals surface area (Å²) in [6.07, 6.45) is 6.98. The molecular formula is C27H26N4S. The van der Waals surface area contributed by atoms with Gasteiger partial charge in [-0.1, -0.05) is 91.7 Å². The third-order valence-corrected chi connectivity index (χ3v) is 7.39. The smallest absolute Gasteiger partial charge is 0.191 e. The monoisotopic (exact) mass is 438 g/mol. The molecule has 0 aliphatic heterocycles. The Morgan fingerprint density at radius 3 is 2.50 bits per heavy atom. The van der Waals surface area contributed by atoms with Crippen molar-refractivity contribution in [3.63, 3.8) is 0 Å². The van der Waals surface area contributed by atoms with Crippen LogP contribution in [0.4, 0.5) is 0 Å². The van der Waals surface area contributed by atoms with Crippen LogP contribution in [0.25, 0.3) is 10.8 Å². The van der Waals surface area contributed by atoms with Gasteiger partial charge in [0.1, 0.15) is 5.82 Å². The minimum atomic E-state index is 0.456. The highest BCUT2D eigenvalue weighted by Gasteiger charge is 2.23. The summed E-state index contributed by atoms with van der Waals surface area (Å²) in [6.45, 7) is 0. The number of aromatic nitrogens is 3. The summed E-state index contributed by atoms with van der Waals surface area (Å²) in [6, 6.07) is 25.6. The molecule has 5 heteroatoms. The largest absolute Gasteiger partial charge is 0.303 e. The van der Waals surface area contributed by atoms with Crippen LogP contribution < -0.4 is 0 Å². The maximum atomic E-state index is 9.44. The molecule has 0 unspecified atom stereocenters. The molecule has 4 aromatic rings. The van der Waals surface area contributed by atoms with Crippen molar-refractivity contribution in [2.45, 2.75) is 55.5 Å². The lowest BCUT2D eigenvalue weighted by Gasteiger charge is -2.25. The highest BCUT2D eigenvalue weighted by atomic mass is 32.2.